The van der Waals surface area contributed by atoms with Gasteiger partial charge >= 0.3 is 0 Å². The predicted molar refractivity (Wildman–Crippen MR) is 165 cm³/mol. The maximum absolute atomic E-state index is 12.8. The first-order valence-corrected chi connectivity index (χ1v) is 12.8. The summed E-state index contributed by atoms with van der Waals surface area (Å²) < 4.78 is 0. The molecule has 4 nitrogen and oxygen atoms in total. The van der Waals surface area contributed by atoms with Crippen molar-refractivity contribution in [3.8, 4) is 0 Å². The lowest BCUT2D eigenvalue weighted by molar-refractivity contribution is 1.48. The molecular weight excluding hydrogens is 480 g/mol. The highest BCUT2D eigenvalue weighted by molar-refractivity contribution is 6.04. The van der Waals surface area contributed by atoms with Crippen molar-refractivity contribution in [1.82, 2.24) is 0 Å². The molecule has 0 fully saturated rings. The van der Waals surface area contributed by atoms with E-state index in [-0.39, 0.29) is 10.9 Å². The highest BCUT2D eigenvalue weighted by Crippen LogP contribution is 2.38. The lowest BCUT2D eigenvalue weighted by Gasteiger charge is -2.19. The topological polar surface area (TPSA) is 58.2 Å². The summed E-state index contributed by atoms with van der Waals surface area (Å²) in [7, 11) is 0. The number of anilines is 3. The number of hydrogen-bond acceptors (Lipinski definition) is 4. The summed E-state index contributed by atoms with van der Waals surface area (Å²) in [6.07, 6.45) is 5.96. The first kappa shape index (κ1) is 25.4. The zero-order chi connectivity index (χ0) is 27.0. The first-order valence-electron chi connectivity index (χ1n) is 12.8. The van der Waals surface area contributed by atoms with Crippen LogP contribution in [-0.2, 0) is 0 Å². The maximum Gasteiger partial charge on any atom is 0.201 e. The van der Waals surface area contributed by atoms with Gasteiger partial charge in [-0.15, -0.1) is 0 Å². The minimum absolute atomic E-state index is 0.107. The second kappa shape index (κ2) is 11.9. The third-order valence-corrected chi connectivity index (χ3v) is 6.43. The van der Waals surface area contributed by atoms with Gasteiger partial charge in [-0.3, -0.25) is 9.59 Å². The molecule has 5 aromatic rings. The first-order chi connectivity index (χ1) is 19.2. The summed E-state index contributed by atoms with van der Waals surface area (Å²) in [6, 6.07) is 37.8. The summed E-state index contributed by atoms with van der Waals surface area (Å²) in [4.78, 5) is 25.5. The van der Waals surface area contributed by atoms with Crippen molar-refractivity contribution in [3.05, 3.63) is 171 Å². The fourth-order valence-corrected chi connectivity index (χ4v) is 4.60. The number of rotatable bonds is 7. The molecule has 2 N–H and O–H groups in total. The van der Waals surface area contributed by atoms with Crippen LogP contribution in [0.1, 0.15) is 23.6 Å². The zero-order valence-corrected chi connectivity index (χ0v) is 21.6. The number of hydrogen-bond donors (Lipinski definition) is 2. The highest BCUT2D eigenvalue weighted by Gasteiger charge is 2.17. The van der Waals surface area contributed by atoms with Gasteiger partial charge in [0.15, 0.2) is 0 Å². The molecule has 0 bridgehead atoms. The lowest BCUT2D eigenvalue weighted by atomic mass is 9.89. The van der Waals surface area contributed by atoms with Gasteiger partial charge in [0.1, 0.15) is 0 Å². The summed E-state index contributed by atoms with van der Waals surface area (Å²) in [6.45, 7) is 1.99. The van der Waals surface area contributed by atoms with E-state index < -0.39 is 0 Å². The van der Waals surface area contributed by atoms with Gasteiger partial charge in [-0.1, -0.05) is 103 Å². The Bertz CT molecular complexity index is 1820. The molecule has 0 atom stereocenters. The van der Waals surface area contributed by atoms with E-state index in [4.69, 9.17) is 0 Å². The Labute approximate surface area is 227 Å². The molecule has 0 saturated carbocycles. The molecular formula is C35H28N2O2. The summed E-state index contributed by atoms with van der Waals surface area (Å²) in [5.74, 6) is 0. The van der Waals surface area contributed by atoms with Crippen LogP contribution in [0.25, 0.3) is 22.4 Å². The smallest absolute Gasteiger partial charge is 0.201 e. The van der Waals surface area contributed by atoms with Crippen LogP contribution in [0.5, 0.6) is 0 Å². The van der Waals surface area contributed by atoms with Crippen LogP contribution in [0.3, 0.4) is 0 Å². The molecule has 4 heteroatoms. The maximum atomic E-state index is 12.8. The molecule has 39 heavy (non-hydrogen) atoms. The molecule has 0 saturated heterocycles. The SMILES string of the molecule is C/C=C\c1ccccc1/C(=C/Nc1cccccc1=O)c1c(Nc2cccccc2=O)ccc2ccccc12. The Hall–Kier alpha value is -5.22. The van der Waals surface area contributed by atoms with E-state index in [1.165, 1.54) is 0 Å². The van der Waals surface area contributed by atoms with Crippen LogP contribution in [-0.4, -0.2) is 0 Å². The van der Waals surface area contributed by atoms with E-state index >= 15 is 0 Å². The molecule has 0 aromatic heterocycles. The minimum Gasteiger partial charge on any atom is -0.358 e. The van der Waals surface area contributed by atoms with Gasteiger partial charge in [0.05, 0.1) is 11.4 Å². The van der Waals surface area contributed by atoms with Crippen LogP contribution in [0.4, 0.5) is 17.1 Å². The molecule has 0 heterocycles. The molecule has 0 aliphatic carbocycles. The molecule has 5 rings (SSSR count). The van der Waals surface area contributed by atoms with Crippen LogP contribution < -0.4 is 21.5 Å². The van der Waals surface area contributed by atoms with Gasteiger partial charge in [-0.2, -0.15) is 0 Å². The van der Waals surface area contributed by atoms with Crippen LogP contribution in [0.15, 0.2) is 143 Å². The van der Waals surface area contributed by atoms with E-state index in [0.717, 1.165) is 38.7 Å². The van der Waals surface area contributed by atoms with E-state index in [1.807, 2.05) is 79.9 Å². The molecule has 190 valence electrons. The van der Waals surface area contributed by atoms with E-state index in [2.05, 4.69) is 41.0 Å². The lowest BCUT2D eigenvalue weighted by Crippen LogP contribution is -2.08. The van der Waals surface area contributed by atoms with Crippen molar-refractivity contribution in [2.24, 2.45) is 0 Å². The quantitative estimate of drug-likeness (QED) is 0.235. The predicted octanol–water partition coefficient (Wildman–Crippen LogP) is 7.84. The Morgan fingerprint density at radius 2 is 1.26 bits per heavy atom. The summed E-state index contributed by atoms with van der Waals surface area (Å²) in [5, 5.41) is 8.76. The second-order valence-corrected chi connectivity index (χ2v) is 9.00. The molecule has 5 aromatic carbocycles. The van der Waals surface area contributed by atoms with E-state index in [0.29, 0.717) is 11.4 Å². The average Bonchev–Trinajstić information content (AvgIpc) is 3.29. The molecule has 0 radical (unpaired) electrons. The Kier molecular flexibility index (Phi) is 7.75. The van der Waals surface area contributed by atoms with Crippen LogP contribution in [0.2, 0.25) is 0 Å². The second-order valence-electron chi connectivity index (χ2n) is 9.00. The highest BCUT2D eigenvalue weighted by atomic mass is 16.1. The fraction of sp³-hybridized carbons (Fsp3) is 0.0286. The van der Waals surface area contributed by atoms with Gasteiger partial charge in [0.25, 0.3) is 0 Å². The third-order valence-electron chi connectivity index (χ3n) is 6.43. The van der Waals surface area contributed by atoms with Crippen molar-refractivity contribution >= 4 is 39.5 Å². The zero-order valence-electron chi connectivity index (χ0n) is 21.6. The molecule has 0 aliphatic rings. The van der Waals surface area contributed by atoms with Gasteiger partial charge in [0.2, 0.25) is 10.9 Å². The van der Waals surface area contributed by atoms with E-state index in [1.54, 1.807) is 36.4 Å². The van der Waals surface area contributed by atoms with Gasteiger partial charge in [0, 0.05) is 23.0 Å². The number of allylic oxidation sites excluding steroid dienone is 1. The van der Waals surface area contributed by atoms with Gasteiger partial charge in [-0.25, -0.2) is 0 Å². The molecule has 0 aliphatic heterocycles. The fourth-order valence-electron chi connectivity index (χ4n) is 4.60. The standard InChI is InChI=1S/C35H28N2O2/c1-2-13-25-14-9-11-16-27(25)29(24-36-30-18-5-3-7-20-33(30)38)35-28-17-12-10-15-26(28)22-23-32(35)37-31-19-6-4-8-21-34(31)39/h2-24H,1H3,(H,36,38)(H,37,39)/b13-2-,29-24-. The minimum atomic E-state index is -0.110. The average molecular weight is 509 g/mol. The summed E-state index contributed by atoms with van der Waals surface area (Å²) >= 11 is 0. The Morgan fingerprint density at radius 3 is 2.05 bits per heavy atom. The number of nitrogens with one attached hydrogen (secondary N) is 2. The van der Waals surface area contributed by atoms with E-state index in [9.17, 15) is 9.59 Å². The van der Waals surface area contributed by atoms with Crippen molar-refractivity contribution in [3.63, 3.8) is 0 Å². The summed E-state index contributed by atoms with van der Waals surface area (Å²) in [5.41, 5.74) is 5.31. The van der Waals surface area contributed by atoms with Gasteiger partial charge in [-0.05, 0) is 59.2 Å². The number of fused-ring (bicyclic) bond motifs is 1. The molecule has 0 unspecified atom stereocenters. The molecule has 0 amide bonds. The monoisotopic (exact) mass is 508 g/mol. The largest absolute Gasteiger partial charge is 0.358 e. The Balaban J connectivity index is 1.80. The Morgan fingerprint density at radius 1 is 0.615 bits per heavy atom. The van der Waals surface area contributed by atoms with Crippen LogP contribution >= 0.6 is 0 Å². The van der Waals surface area contributed by atoms with Gasteiger partial charge < -0.3 is 10.6 Å². The van der Waals surface area contributed by atoms with Crippen molar-refractivity contribution in [2.75, 3.05) is 10.6 Å². The van der Waals surface area contributed by atoms with Crippen LogP contribution in [0, 0.1) is 0 Å². The molecule has 0 spiro atoms. The van der Waals surface area contributed by atoms with Crippen molar-refractivity contribution in [1.29, 1.82) is 0 Å². The van der Waals surface area contributed by atoms with Crippen molar-refractivity contribution in [2.45, 2.75) is 6.92 Å². The van der Waals surface area contributed by atoms with Crippen molar-refractivity contribution < 1.29 is 0 Å². The third kappa shape index (κ3) is 5.71. The number of benzene rings is 3. The normalized spacial score (nSPS) is 11.5.